The first-order chi connectivity index (χ1) is 12.4. The number of nitrogens with zero attached hydrogens (tertiary/aromatic N) is 4. The SMILES string of the molecule is Cc1cccc(NC(=O)c2nn(-c3ccc(F)cc3)c(=O)n(C)c2=O)n1. The summed E-state index contributed by atoms with van der Waals surface area (Å²) >= 11 is 0. The van der Waals surface area contributed by atoms with Crippen molar-refractivity contribution < 1.29 is 9.18 Å². The summed E-state index contributed by atoms with van der Waals surface area (Å²) in [5.74, 6) is -1.05. The molecular weight excluding hydrogens is 341 g/mol. The zero-order chi connectivity index (χ0) is 18.8. The second kappa shape index (κ2) is 6.71. The van der Waals surface area contributed by atoms with E-state index < -0.39 is 28.7 Å². The van der Waals surface area contributed by atoms with E-state index in [1.807, 2.05) is 0 Å². The smallest absolute Gasteiger partial charge is 0.305 e. The monoisotopic (exact) mass is 355 g/mol. The first-order valence-electron chi connectivity index (χ1n) is 7.58. The number of anilines is 1. The molecule has 0 spiro atoms. The van der Waals surface area contributed by atoms with Crippen molar-refractivity contribution in [3.05, 3.63) is 80.5 Å². The predicted molar refractivity (Wildman–Crippen MR) is 92.0 cm³/mol. The van der Waals surface area contributed by atoms with E-state index in [1.54, 1.807) is 25.1 Å². The maximum Gasteiger partial charge on any atom is 0.351 e. The van der Waals surface area contributed by atoms with Crippen LogP contribution in [0.4, 0.5) is 10.2 Å². The maximum atomic E-state index is 13.1. The number of rotatable bonds is 3. The number of halogens is 1. The normalized spacial score (nSPS) is 10.6. The van der Waals surface area contributed by atoms with Gasteiger partial charge in [0, 0.05) is 12.7 Å². The number of amides is 1. The third-order valence-corrected chi connectivity index (χ3v) is 3.59. The fourth-order valence-electron chi connectivity index (χ4n) is 2.25. The van der Waals surface area contributed by atoms with Crippen molar-refractivity contribution in [2.45, 2.75) is 6.92 Å². The lowest BCUT2D eigenvalue weighted by molar-refractivity contribution is 0.101. The molecule has 0 fully saturated rings. The van der Waals surface area contributed by atoms with Gasteiger partial charge in [-0.2, -0.15) is 9.78 Å². The molecule has 0 aliphatic carbocycles. The van der Waals surface area contributed by atoms with E-state index in [4.69, 9.17) is 0 Å². The number of aromatic nitrogens is 4. The minimum atomic E-state index is -0.849. The second-order valence-corrected chi connectivity index (χ2v) is 5.50. The van der Waals surface area contributed by atoms with Gasteiger partial charge >= 0.3 is 5.69 Å². The molecular formula is C17H14FN5O3. The number of carbonyl (C=O) groups is 1. The van der Waals surface area contributed by atoms with Gasteiger partial charge in [-0.25, -0.2) is 14.2 Å². The first kappa shape index (κ1) is 17.2. The second-order valence-electron chi connectivity index (χ2n) is 5.50. The highest BCUT2D eigenvalue weighted by molar-refractivity contribution is 6.01. The summed E-state index contributed by atoms with van der Waals surface area (Å²) in [5.41, 5.74) is -1.19. The van der Waals surface area contributed by atoms with Gasteiger partial charge in [0.15, 0.2) is 0 Å². The fourth-order valence-corrected chi connectivity index (χ4v) is 2.25. The molecule has 0 bridgehead atoms. The predicted octanol–water partition coefficient (Wildman–Crippen LogP) is 1.03. The molecule has 9 heteroatoms. The van der Waals surface area contributed by atoms with Gasteiger partial charge in [-0.05, 0) is 43.3 Å². The van der Waals surface area contributed by atoms with Crippen molar-refractivity contribution in [2.24, 2.45) is 7.05 Å². The number of pyridine rings is 1. The van der Waals surface area contributed by atoms with Gasteiger partial charge in [0.2, 0.25) is 5.69 Å². The summed E-state index contributed by atoms with van der Waals surface area (Å²) < 4.78 is 14.7. The van der Waals surface area contributed by atoms with Gasteiger partial charge in [0.05, 0.1) is 5.69 Å². The molecule has 2 heterocycles. The van der Waals surface area contributed by atoms with E-state index in [-0.39, 0.29) is 11.5 Å². The molecule has 3 rings (SSSR count). The quantitative estimate of drug-likeness (QED) is 0.756. The van der Waals surface area contributed by atoms with Crippen molar-refractivity contribution >= 4 is 11.7 Å². The third-order valence-electron chi connectivity index (χ3n) is 3.59. The summed E-state index contributed by atoms with van der Waals surface area (Å²) in [4.78, 5) is 41.1. The van der Waals surface area contributed by atoms with Gasteiger partial charge < -0.3 is 5.32 Å². The van der Waals surface area contributed by atoms with E-state index in [0.29, 0.717) is 5.69 Å². The van der Waals surface area contributed by atoms with Crippen LogP contribution in [0.25, 0.3) is 5.69 Å². The zero-order valence-corrected chi connectivity index (χ0v) is 13.9. The molecule has 0 unspecified atom stereocenters. The minimum Gasteiger partial charge on any atom is -0.305 e. The average Bonchev–Trinajstić information content (AvgIpc) is 2.61. The van der Waals surface area contributed by atoms with E-state index in [9.17, 15) is 18.8 Å². The summed E-state index contributed by atoms with van der Waals surface area (Å²) in [6.07, 6.45) is 0. The Labute approximate surface area is 146 Å². The lowest BCUT2D eigenvalue weighted by atomic mass is 10.3. The molecule has 0 atom stereocenters. The Morgan fingerprint density at radius 1 is 1.12 bits per heavy atom. The molecule has 0 aliphatic rings. The average molecular weight is 355 g/mol. The molecule has 3 aromatic rings. The van der Waals surface area contributed by atoms with Crippen LogP contribution in [-0.4, -0.2) is 25.2 Å². The molecule has 2 aromatic heterocycles. The Morgan fingerprint density at radius 2 is 1.81 bits per heavy atom. The van der Waals surface area contributed by atoms with Gasteiger partial charge in [-0.15, -0.1) is 0 Å². The van der Waals surface area contributed by atoms with Gasteiger partial charge in [-0.3, -0.25) is 14.2 Å². The Hall–Kier alpha value is -3.62. The summed E-state index contributed by atoms with van der Waals surface area (Å²) in [6, 6.07) is 9.93. The van der Waals surface area contributed by atoms with Crippen molar-refractivity contribution in [3.63, 3.8) is 0 Å². The van der Waals surface area contributed by atoms with E-state index in [2.05, 4.69) is 15.4 Å². The van der Waals surface area contributed by atoms with Crippen LogP contribution in [0.1, 0.15) is 16.2 Å². The Kier molecular flexibility index (Phi) is 4.44. The van der Waals surface area contributed by atoms with Crippen molar-refractivity contribution in [1.82, 2.24) is 19.3 Å². The molecule has 0 aliphatic heterocycles. The molecule has 0 radical (unpaired) electrons. The summed E-state index contributed by atoms with van der Waals surface area (Å²) in [6.45, 7) is 1.75. The highest BCUT2D eigenvalue weighted by Crippen LogP contribution is 2.07. The number of aryl methyl sites for hydroxylation is 1. The number of nitrogens with one attached hydrogen (secondary N) is 1. The van der Waals surface area contributed by atoms with E-state index in [1.165, 1.54) is 19.2 Å². The van der Waals surface area contributed by atoms with Crippen LogP contribution >= 0.6 is 0 Å². The molecule has 0 saturated heterocycles. The molecule has 0 saturated carbocycles. The number of hydrogen-bond acceptors (Lipinski definition) is 5. The minimum absolute atomic E-state index is 0.217. The Balaban J connectivity index is 2.07. The van der Waals surface area contributed by atoms with Crippen LogP contribution in [0.3, 0.4) is 0 Å². The maximum absolute atomic E-state index is 13.1. The van der Waals surface area contributed by atoms with Crippen LogP contribution in [0.15, 0.2) is 52.1 Å². The van der Waals surface area contributed by atoms with Crippen LogP contribution in [0.5, 0.6) is 0 Å². The van der Waals surface area contributed by atoms with Crippen LogP contribution < -0.4 is 16.6 Å². The van der Waals surface area contributed by atoms with Crippen LogP contribution in [-0.2, 0) is 7.05 Å². The molecule has 1 N–H and O–H groups in total. The van der Waals surface area contributed by atoms with Crippen LogP contribution in [0.2, 0.25) is 0 Å². The standard InChI is InChI=1S/C17H14FN5O3/c1-10-4-3-5-13(19-10)20-15(24)14-16(25)22(2)17(26)23(21-14)12-8-6-11(18)7-9-12/h3-9H,1-2H3,(H,19,20,24). The fraction of sp³-hybridized carbons (Fsp3) is 0.118. The molecule has 8 nitrogen and oxygen atoms in total. The Bertz CT molecular complexity index is 1100. The van der Waals surface area contributed by atoms with Crippen molar-refractivity contribution in [1.29, 1.82) is 0 Å². The molecule has 1 amide bonds. The van der Waals surface area contributed by atoms with Crippen molar-refractivity contribution in [2.75, 3.05) is 5.32 Å². The van der Waals surface area contributed by atoms with Gasteiger partial charge in [0.25, 0.3) is 11.5 Å². The van der Waals surface area contributed by atoms with Gasteiger partial charge in [-0.1, -0.05) is 6.07 Å². The third kappa shape index (κ3) is 3.27. The highest BCUT2D eigenvalue weighted by Gasteiger charge is 2.19. The number of hydrogen-bond donors (Lipinski definition) is 1. The summed E-state index contributed by atoms with van der Waals surface area (Å²) in [5, 5.41) is 6.33. The van der Waals surface area contributed by atoms with Crippen molar-refractivity contribution in [3.8, 4) is 5.69 Å². The summed E-state index contributed by atoms with van der Waals surface area (Å²) in [7, 11) is 1.23. The molecule has 1 aromatic carbocycles. The van der Waals surface area contributed by atoms with E-state index in [0.717, 1.165) is 21.4 Å². The van der Waals surface area contributed by atoms with Gasteiger partial charge in [0.1, 0.15) is 11.6 Å². The largest absolute Gasteiger partial charge is 0.351 e. The zero-order valence-electron chi connectivity index (χ0n) is 13.9. The lowest BCUT2D eigenvalue weighted by Crippen LogP contribution is -2.43. The Morgan fingerprint density at radius 3 is 2.46 bits per heavy atom. The molecule has 132 valence electrons. The molecule has 26 heavy (non-hydrogen) atoms. The topological polar surface area (TPSA) is 98.9 Å². The van der Waals surface area contributed by atoms with Crippen LogP contribution in [0, 0.1) is 12.7 Å². The highest BCUT2D eigenvalue weighted by atomic mass is 19.1. The number of benzene rings is 1. The lowest BCUT2D eigenvalue weighted by Gasteiger charge is -2.09. The van der Waals surface area contributed by atoms with E-state index >= 15 is 0 Å². The first-order valence-corrected chi connectivity index (χ1v) is 7.58. The number of carbonyl (C=O) groups excluding carboxylic acids is 1.